The molecule has 0 aliphatic heterocycles. The zero-order chi connectivity index (χ0) is 10.9. The van der Waals surface area contributed by atoms with Gasteiger partial charge in [0.15, 0.2) is 0 Å². The first-order valence-corrected chi connectivity index (χ1v) is 6.81. The predicted molar refractivity (Wildman–Crippen MR) is 67.3 cm³/mol. The Hall–Kier alpha value is -0.480. The Bertz CT molecular complexity index is 236. The summed E-state index contributed by atoms with van der Waals surface area (Å²) in [6.45, 7) is 5.56. The molecule has 0 bridgehead atoms. The van der Waals surface area contributed by atoms with Gasteiger partial charge in [-0.15, -0.1) is 0 Å². The molecule has 0 spiro atoms. The Morgan fingerprint density at radius 1 is 1.47 bits per heavy atom. The molecule has 1 aromatic heterocycles. The van der Waals surface area contributed by atoms with Crippen LogP contribution in [0.3, 0.4) is 0 Å². The van der Waals surface area contributed by atoms with Crippen molar-refractivity contribution in [3.05, 3.63) is 18.7 Å². The number of rotatable bonds is 8. The first-order valence-electron chi connectivity index (χ1n) is 5.52. The zero-order valence-electron chi connectivity index (χ0n) is 9.65. The third-order valence-electron chi connectivity index (χ3n) is 2.46. The van der Waals surface area contributed by atoms with Crippen LogP contribution in [0.4, 0.5) is 0 Å². The van der Waals surface area contributed by atoms with Gasteiger partial charge in [0.1, 0.15) is 0 Å². The molecule has 15 heavy (non-hydrogen) atoms. The molecule has 0 fully saturated rings. The minimum atomic E-state index is 0.770. The fraction of sp³-hybridized carbons (Fsp3) is 0.727. The number of thioether (sulfide) groups is 1. The number of hydrogen-bond acceptors (Lipinski definition) is 3. The Labute approximate surface area is 96.7 Å². The number of aromatic nitrogens is 2. The van der Waals surface area contributed by atoms with E-state index in [0.717, 1.165) is 24.9 Å². The van der Waals surface area contributed by atoms with E-state index >= 15 is 0 Å². The molecule has 1 unspecified atom stereocenters. The second kappa shape index (κ2) is 7.77. The van der Waals surface area contributed by atoms with Gasteiger partial charge in [0.05, 0.1) is 6.33 Å². The van der Waals surface area contributed by atoms with Crippen LogP contribution in [0.1, 0.15) is 19.8 Å². The van der Waals surface area contributed by atoms with Gasteiger partial charge in [-0.2, -0.15) is 11.8 Å². The lowest BCUT2D eigenvalue weighted by atomic mass is 10.3. The van der Waals surface area contributed by atoms with E-state index in [-0.39, 0.29) is 0 Å². The van der Waals surface area contributed by atoms with Crippen LogP contribution in [0.25, 0.3) is 0 Å². The average Bonchev–Trinajstić information content (AvgIpc) is 2.75. The lowest BCUT2D eigenvalue weighted by Gasteiger charge is -2.09. The van der Waals surface area contributed by atoms with Crippen molar-refractivity contribution in [3.8, 4) is 0 Å². The molecule has 0 saturated carbocycles. The normalized spacial score (nSPS) is 12.9. The zero-order valence-corrected chi connectivity index (χ0v) is 10.5. The van der Waals surface area contributed by atoms with E-state index in [1.54, 1.807) is 0 Å². The van der Waals surface area contributed by atoms with Gasteiger partial charge < -0.3 is 9.88 Å². The monoisotopic (exact) mass is 227 g/mol. The van der Waals surface area contributed by atoms with Gasteiger partial charge >= 0.3 is 0 Å². The van der Waals surface area contributed by atoms with Crippen LogP contribution in [-0.4, -0.2) is 34.1 Å². The Morgan fingerprint density at radius 3 is 3.00 bits per heavy atom. The highest BCUT2D eigenvalue weighted by molar-refractivity contribution is 7.99. The minimum absolute atomic E-state index is 0.770. The van der Waals surface area contributed by atoms with E-state index in [4.69, 9.17) is 0 Å². The molecule has 1 heterocycles. The van der Waals surface area contributed by atoms with Crippen LogP contribution in [0, 0.1) is 0 Å². The van der Waals surface area contributed by atoms with Gasteiger partial charge in [-0.05, 0) is 32.2 Å². The molecule has 0 radical (unpaired) electrons. The number of nitrogens with one attached hydrogen (secondary N) is 1. The van der Waals surface area contributed by atoms with Crippen LogP contribution < -0.4 is 5.32 Å². The van der Waals surface area contributed by atoms with Crippen molar-refractivity contribution < 1.29 is 0 Å². The van der Waals surface area contributed by atoms with Gasteiger partial charge in [0.2, 0.25) is 0 Å². The van der Waals surface area contributed by atoms with Crippen molar-refractivity contribution in [2.75, 3.05) is 19.3 Å². The molecular formula is C11H21N3S. The molecular weight excluding hydrogens is 206 g/mol. The van der Waals surface area contributed by atoms with E-state index in [9.17, 15) is 0 Å². The molecule has 1 aromatic rings. The summed E-state index contributed by atoms with van der Waals surface area (Å²) in [6.07, 6.45) is 10.3. The van der Waals surface area contributed by atoms with Gasteiger partial charge in [0.25, 0.3) is 0 Å². The third kappa shape index (κ3) is 5.85. The summed E-state index contributed by atoms with van der Waals surface area (Å²) in [7, 11) is 0. The standard InChI is InChI=1S/C11H21N3S/c1-11(15-2)4-6-12-5-3-8-14-9-7-13-10-14/h7,9-12H,3-6,8H2,1-2H3. The van der Waals surface area contributed by atoms with E-state index in [0.29, 0.717) is 0 Å². The number of hydrogen-bond donors (Lipinski definition) is 1. The summed E-state index contributed by atoms with van der Waals surface area (Å²) in [5.41, 5.74) is 0. The summed E-state index contributed by atoms with van der Waals surface area (Å²) in [5, 5.41) is 4.24. The fourth-order valence-electron chi connectivity index (χ4n) is 1.35. The average molecular weight is 227 g/mol. The second-order valence-electron chi connectivity index (χ2n) is 3.74. The first kappa shape index (κ1) is 12.6. The predicted octanol–water partition coefficient (Wildman–Crippen LogP) is 2.00. The molecule has 0 aliphatic carbocycles. The fourth-order valence-corrected chi connectivity index (χ4v) is 1.71. The van der Waals surface area contributed by atoms with Crippen molar-refractivity contribution in [2.24, 2.45) is 0 Å². The first-order chi connectivity index (χ1) is 7.33. The Morgan fingerprint density at radius 2 is 2.33 bits per heavy atom. The highest BCUT2D eigenvalue weighted by Crippen LogP contribution is 2.07. The third-order valence-corrected chi connectivity index (χ3v) is 3.50. The lowest BCUT2D eigenvalue weighted by Crippen LogP contribution is -2.20. The van der Waals surface area contributed by atoms with Gasteiger partial charge in [-0.3, -0.25) is 0 Å². The van der Waals surface area contributed by atoms with Crippen molar-refractivity contribution in [1.29, 1.82) is 0 Å². The largest absolute Gasteiger partial charge is 0.337 e. The number of nitrogens with zero attached hydrogens (tertiary/aromatic N) is 2. The maximum absolute atomic E-state index is 4.01. The molecule has 86 valence electrons. The summed E-state index contributed by atoms with van der Waals surface area (Å²) < 4.78 is 2.12. The highest BCUT2D eigenvalue weighted by Gasteiger charge is 1.97. The van der Waals surface area contributed by atoms with Crippen LogP contribution >= 0.6 is 11.8 Å². The second-order valence-corrected chi connectivity index (χ2v) is 5.02. The Kier molecular flexibility index (Phi) is 6.52. The maximum Gasteiger partial charge on any atom is 0.0945 e. The van der Waals surface area contributed by atoms with Crippen LogP contribution in [0.15, 0.2) is 18.7 Å². The van der Waals surface area contributed by atoms with Gasteiger partial charge in [0, 0.05) is 24.2 Å². The van der Waals surface area contributed by atoms with E-state index in [1.807, 2.05) is 30.5 Å². The topological polar surface area (TPSA) is 29.9 Å². The van der Waals surface area contributed by atoms with Gasteiger partial charge in [-0.1, -0.05) is 6.92 Å². The van der Waals surface area contributed by atoms with E-state index in [1.165, 1.54) is 12.8 Å². The maximum atomic E-state index is 4.01. The summed E-state index contributed by atoms with van der Waals surface area (Å²) in [6, 6.07) is 0. The minimum Gasteiger partial charge on any atom is -0.337 e. The van der Waals surface area contributed by atoms with Crippen LogP contribution in [-0.2, 0) is 6.54 Å². The molecule has 0 aliphatic rings. The van der Waals surface area contributed by atoms with Crippen LogP contribution in [0.2, 0.25) is 0 Å². The van der Waals surface area contributed by atoms with Crippen molar-refractivity contribution in [1.82, 2.24) is 14.9 Å². The molecule has 0 saturated heterocycles. The van der Waals surface area contributed by atoms with Crippen molar-refractivity contribution >= 4 is 11.8 Å². The highest BCUT2D eigenvalue weighted by atomic mass is 32.2. The van der Waals surface area contributed by atoms with Crippen molar-refractivity contribution in [3.63, 3.8) is 0 Å². The molecule has 0 amide bonds. The summed E-state index contributed by atoms with van der Waals surface area (Å²) >= 11 is 1.93. The van der Waals surface area contributed by atoms with E-state index in [2.05, 4.69) is 28.0 Å². The SMILES string of the molecule is CSC(C)CCNCCCn1ccnc1. The molecule has 0 aromatic carbocycles. The molecule has 1 rings (SSSR count). The summed E-state index contributed by atoms with van der Waals surface area (Å²) in [5.74, 6) is 0. The van der Waals surface area contributed by atoms with Crippen LogP contribution in [0.5, 0.6) is 0 Å². The smallest absolute Gasteiger partial charge is 0.0945 e. The number of imidazole rings is 1. The Balaban J connectivity index is 1.89. The molecule has 3 nitrogen and oxygen atoms in total. The van der Waals surface area contributed by atoms with Crippen molar-refractivity contribution in [2.45, 2.75) is 31.6 Å². The van der Waals surface area contributed by atoms with E-state index < -0.39 is 0 Å². The summed E-state index contributed by atoms with van der Waals surface area (Å²) in [4.78, 5) is 4.01. The molecule has 4 heteroatoms. The van der Waals surface area contributed by atoms with Gasteiger partial charge in [-0.25, -0.2) is 4.98 Å². The molecule has 1 atom stereocenters. The number of aryl methyl sites for hydroxylation is 1. The molecule has 1 N–H and O–H groups in total. The quantitative estimate of drug-likeness (QED) is 0.689. The lowest BCUT2D eigenvalue weighted by molar-refractivity contribution is 0.570.